The van der Waals surface area contributed by atoms with E-state index >= 15 is 0 Å². The minimum absolute atomic E-state index is 0.534. The Balaban J connectivity index is 1.68. The average Bonchev–Trinajstić information content (AvgIpc) is 2.88. The Kier molecular flexibility index (Phi) is 2.31. The molecule has 3 rings (SSSR count). The summed E-state index contributed by atoms with van der Waals surface area (Å²) in [5, 5.41) is 8.04. The van der Waals surface area contributed by atoms with E-state index in [0.717, 1.165) is 24.9 Å². The van der Waals surface area contributed by atoms with Crippen LogP contribution in [-0.4, -0.2) is 29.2 Å². The molecule has 2 unspecified atom stereocenters. The van der Waals surface area contributed by atoms with Gasteiger partial charge < -0.3 is 9.32 Å². The molecule has 2 aliphatic rings. The molecule has 0 spiro atoms. The quantitative estimate of drug-likeness (QED) is 0.738. The minimum atomic E-state index is 0.534. The zero-order valence-electron chi connectivity index (χ0n) is 8.53. The van der Waals surface area contributed by atoms with Gasteiger partial charge in [-0.2, -0.15) is 0 Å². The molecule has 82 valence electrons. The third kappa shape index (κ3) is 1.83. The van der Waals surface area contributed by atoms with E-state index in [1.54, 1.807) is 0 Å². The highest BCUT2D eigenvalue weighted by atomic mass is 35.5. The van der Waals surface area contributed by atoms with Gasteiger partial charge in [0.1, 0.15) is 0 Å². The highest BCUT2D eigenvalue weighted by molar-refractivity contribution is 6.17. The average molecular weight is 228 g/mol. The molecule has 0 amide bonds. The number of alkyl halides is 1. The van der Waals surface area contributed by atoms with Gasteiger partial charge in [0.15, 0.2) is 0 Å². The van der Waals surface area contributed by atoms with Crippen molar-refractivity contribution >= 4 is 17.6 Å². The SMILES string of the molecule is ClCCc1nnc(N2CCC3CC3C2)o1. The third-order valence-corrected chi connectivity index (χ3v) is 3.52. The van der Waals surface area contributed by atoms with Crippen molar-refractivity contribution in [2.24, 2.45) is 11.8 Å². The summed E-state index contributed by atoms with van der Waals surface area (Å²) >= 11 is 5.62. The van der Waals surface area contributed by atoms with Crippen molar-refractivity contribution in [1.82, 2.24) is 10.2 Å². The maximum Gasteiger partial charge on any atom is 0.318 e. The largest absolute Gasteiger partial charge is 0.408 e. The summed E-state index contributed by atoms with van der Waals surface area (Å²) < 4.78 is 5.55. The molecule has 2 heterocycles. The fraction of sp³-hybridized carbons (Fsp3) is 0.800. The molecular formula is C10H14ClN3O. The summed E-state index contributed by atoms with van der Waals surface area (Å²) in [7, 11) is 0. The number of hydrogen-bond donors (Lipinski definition) is 0. The summed E-state index contributed by atoms with van der Waals surface area (Å²) in [6, 6.07) is 0.681. The lowest BCUT2D eigenvalue weighted by Gasteiger charge is -2.23. The second-order valence-electron chi connectivity index (χ2n) is 4.41. The Hall–Kier alpha value is -0.770. The van der Waals surface area contributed by atoms with E-state index in [-0.39, 0.29) is 0 Å². The standard InChI is InChI=1S/C10H14ClN3O/c11-3-1-9-12-13-10(15-9)14-4-2-7-5-8(7)6-14/h7-8H,1-6H2. The Morgan fingerprint density at radius 1 is 1.40 bits per heavy atom. The molecular weight excluding hydrogens is 214 g/mol. The predicted octanol–water partition coefficient (Wildman–Crippen LogP) is 1.70. The molecule has 2 fully saturated rings. The summed E-state index contributed by atoms with van der Waals surface area (Å²) in [6.45, 7) is 2.15. The van der Waals surface area contributed by atoms with Crippen molar-refractivity contribution < 1.29 is 4.42 Å². The first kappa shape index (κ1) is 9.46. The summed E-state index contributed by atoms with van der Waals surface area (Å²) in [5.41, 5.74) is 0. The van der Waals surface area contributed by atoms with Crippen LogP contribution in [0.15, 0.2) is 4.42 Å². The van der Waals surface area contributed by atoms with E-state index < -0.39 is 0 Å². The normalized spacial score (nSPS) is 29.0. The van der Waals surface area contributed by atoms with Gasteiger partial charge in [-0.25, -0.2) is 0 Å². The van der Waals surface area contributed by atoms with E-state index in [1.165, 1.54) is 12.8 Å². The van der Waals surface area contributed by atoms with E-state index in [2.05, 4.69) is 15.1 Å². The van der Waals surface area contributed by atoms with Crippen molar-refractivity contribution in [3.05, 3.63) is 5.89 Å². The van der Waals surface area contributed by atoms with Crippen LogP contribution in [0.1, 0.15) is 18.7 Å². The van der Waals surface area contributed by atoms with Crippen molar-refractivity contribution in [3.8, 4) is 0 Å². The van der Waals surface area contributed by atoms with Gasteiger partial charge >= 0.3 is 6.01 Å². The molecule has 4 nitrogen and oxygen atoms in total. The first-order chi connectivity index (χ1) is 7.36. The molecule has 0 radical (unpaired) electrons. The number of hydrogen-bond acceptors (Lipinski definition) is 4. The van der Waals surface area contributed by atoms with Gasteiger partial charge in [-0.05, 0) is 24.7 Å². The summed E-state index contributed by atoms with van der Waals surface area (Å²) in [4.78, 5) is 2.21. The number of halogens is 1. The van der Waals surface area contributed by atoms with Gasteiger partial charge in [0.2, 0.25) is 5.89 Å². The van der Waals surface area contributed by atoms with Crippen molar-refractivity contribution in [2.45, 2.75) is 19.3 Å². The van der Waals surface area contributed by atoms with Gasteiger partial charge in [-0.1, -0.05) is 5.10 Å². The summed E-state index contributed by atoms with van der Waals surface area (Å²) in [6.07, 6.45) is 3.32. The van der Waals surface area contributed by atoms with Gasteiger partial charge in [0.25, 0.3) is 0 Å². The number of nitrogens with zero attached hydrogens (tertiary/aromatic N) is 3. The van der Waals surface area contributed by atoms with Crippen molar-refractivity contribution in [1.29, 1.82) is 0 Å². The fourth-order valence-corrected chi connectivity index (χ4v) is 2.47. The van der Waals surface area contributed by atoms with Crippen LogP contribution in [0.4, 0.5) is 6.01 Å². The first-order valence-electron chi connectivity index (χ1n) is 5.50. The number of piperidine rings is 1. The predicted molar refractivity (Wildman–Crippen MR) is 57.1 cm³/mol. The van der Waals surface area contributed by atoms with E-state index in [0.29, 0.717) is 24.2 Å². The number of rotatable bonds is 3. The lowest BCUT2D eigenvalue weighted by Crippen LogP contribution is -2.31. The molecule has 1 saturated heterocycles. The molecule has 1 aromatic heterocycles. The van der Waals surface area contributed by atoms with Crippen LogP contribution < -0.4 is 4.90 Å². The van der Waals surface area contributed by atoms with E-state index in [4.69, 9.17) is 16.0 Å². The minimum Gasteiger partial charge on any atom is -0.408 e. The maximum atomic E-state index is 5.62. The van der Waals surface area contributed by atoms with Crippen LogP contribution in [0, 0.1) is 11.8 Å². The number of anilines is 1. The molecule has 1 aromatic rings. The molecule has 0 aromatic carbocycles. The van der Waals surface area contributed by atoms with Gasteiger partial charge in [-0.15, -0.1) is 16.7 Å². The van der Waals surface area contributed by atoms with E-state index in [1.807, 2.05) is 0 Å². The first-order valence-corrected chi connectivity index (χ1v) is 6.03. The smallest absolute Gasteiger partial charge is 0.318 e. The van der Waals surface area contributed by atoms with Crippen LogP contribution in [0.3, 0.4) is 0 Å². The molecule has 1 saturated carbocycles. The Bertz CT molecular complexity index is 354. The molecule has 1 aliphatic heterocycles. The number of aromatic nitrogens is 2. The number of aryl methyl sites for hydroxylation is 1. The topological polar surface area (TPSA) is 42.2 Å². The van der Waals surface area contributed by atoms with E-state index in [9.17, 15) is 0 Å². The van der Waals surface area contributed by atoms with Crippen LogP contribution in [-0.2, 0) is 6.42 Å². The molecule has 5 heteroatoms. The molecule has 1 aliphatic carbocycles. The molecule has 0 N–H and O–H groups in total. The maximum absolute atomic E-state index is 5.62. The third-order valence-electron chi connectivity index (χ3n) is 3.33. The molecule has 2 atom stereocenters. The highest BCUT2D eigenvalue weighted by Crippen LogP contribution is 2.45. The fourth-order valence-electron chi connectivity index (χ4n) is 2.31. The number of fused-ring (bicyclic) bond motifs is 1. The van der Waals surface area contributed by atoms with Gasteiger partial charge in [0.05, 0.1) is 0 Å². The Morgan fingerprint density at radius 3 is 3.13 bits per heavy atom. The van der Waals surface area contributed by atoms with Crippen LogP contribution in [0.2, 0.25) is 0 Å². The van der Waals surface area contributed by atoms with Crippen molar-refractivity contribution in [2.75, 3.05) is 23.9 Å². The zero-order chi connectivity index (χ0) is 10.3. The Labute approximate surface area is 93.6 Å². The van der Waals surface area contributed by atoms with Crippen LogP contribution in [0.25, 0.3) is 0 Å². The Morgan fingerprint density at radius 2 is 2.33 bits per heavy atom. The lowest BCUT2D eigenvalue weighted by atomic mass is 10.1. The lowest BCUT2D eigenvalue weighted by molar-refractivity contribution is 0.458. The summed E-state index contributed by atoms with van der Waals surface area (Å²) in [5.74, 6) is 3.04. The second-order valence-corrected chi connectivity index (χ2v) is 4.79. The zero-order valence-corrected chi connectivity index (χ0v) is 9.28. The molecule has 0 bridgehead atoms. The van der Waals surface area contributed by atoms with Crippen molar-refractivity contribution in [3.63, 3.8) is 0 Å². The second kappa shape index (κ2) is 3.67. The molecule has 15 heavy (non-hydrogen) atoms. The highest BCUT2D eigenvalue weighted by Gasteiger charge is 2.42. The monoisotopic (exact) mass is 227 g/mol. The van der Waals surface area contributed by atoms with Gasteiger partial charge in [-0.3, -0.25) is 0 Å². The van der Waals surface area contributed by atoms with Crippen LogP contribution in [0.5, 0.6) is 0 Å². The van der Waals surface area contributed by atoms with Gasteiger partial charge in [0, 0.05) is 25.4 Å². The van der Waals surface area contributed by atoms with Crippen LogP contribution >= 0.6 is 11.6 Å².